The summed E-state index contributed by atoms with van der Waals surface area (Å²) in [7, 11) is 3.74. The number of carbonyl (C=O) groups excluding carboxylic acids is 2. The number of alkyl carbamates (subject to hydrolysis) is 1. The molecule has 0 aromatic heterocycles. The number of hydrogen-bond donors (Lipinski definition) is 3. The van der Waals surface area contributed by atoms with Gasteiger partial charge in [0.25, 0.3) is 0 Å². The maximum atomic E-state index is 13.7. The number of ether oxygens (including phenoxy) is 4. The summed E-state index contributed by atoms with van der Waals surface area (Å²) in [5.74, 6) is 0.840. The van der Waals surface area contributed by atoms with Gasteiger partial charge in [0.1, 0.15) is 23.1 Å². The van der Waals surface area contributed by atoms with Crippen LogP contribution in [-0.2, 0) is 21.3 Å². The summed E-state index contributed by atoms with van der Waals surface area (Å²) in [6.07, 6.45) is 0.679. The second-order valence-corrected chi connectivity index (χ2v) is 13.4. The van der Waals surface area contributed by atoms with Crippen molar-refractivity contribution in [1.82, 2.24) is 15.1 Å². The van der Waals surface area contributed by atoms with Gasteiger partial charge in [-0.3, -0.25) is 10.7 Å². The van der Waals surface area contributed by atoms with Crippen molar-refractivity contribution < 1.29 is 33.6 Å². The number of phenols is 1. The number of aromatic hydroxyl groups is 1. The van der Waals surface area contributed by atoms with Crippen molar-refractivity contribution >= 4 is 18.1 Å². The molecule has 1 aromatic rings. The molecule has 0 unspecified atom stereocenters. The molecule has 40 heavy (non-hydrogen) atoms. The minimum absolute atomic E-state index is 0.0000256. The van der Waals surface area contributed by atoms with E-state index >= 15 is 0 Å². The van der Waals surface area contributed by atoms with Gasteiger partial charge in [-0.05, 0) is 86.7 Å². The predicted octanol–water partition coefficient (Wildman–Crippen LogP) is 4.13. The van der Waals surface area contributed by atoms with Gasteiger partial charge in [0.2, 0.25) is 5.96 Å². The number of benzene rings is 1. The number of methoxy groups -OCH3 is 1. The number of likely N-dealkylation sites (N-methyl/N-ethyl adjacent to an activating group) is 1. The number of phenolic OH excluding ortho intramolecular Hbond substituents is 1. The average Bonchev–Trinajstić information content (AvgIpc) is 3.16. The molecule has 3 N–H and O–H groups in total. The Morgan fingerprint density at radius 1 is 1.18 bits per heavy atom. The topological polar surface area (TPSA) is 134 Å². The van der Waals surface area contributed by atoms with E-state index < -0.39 is 46.9 Å². The van der Waals surface area contributed by atoms with Crippen LogP contribution in [0.3, 0.4) is 0 Å². The fourth-order valence-corrected chi connectivity index (χ4v) is 7.37. The van der Waals surface area contributed by atoms with Gasteiger partial charge in [0, 0.05) is 28.7 Å². The number of piperidine rings is 1. The summed E-state index contributed by atoms with van der Waals surface area (Å²) < 4.78 is 23.5. The third kappa shape index (κ3) is 4.52. The highest BCUT2D eigenvalue weighted by Crippen LogP contribution is 2.65. The van der Waals surface area contributed by atoms with E-state index in [4.69, 9.17) is 24.4 Å². The standard InChI is InChI=1S/C29H42N4O7/c1-27(2,3)39-25(35)31-24(30)33(26(36)40-28(4,5)6)17-10-9-16-18-13-15-20(37-8)14-19(34)22-21(15)29(16,23(17)38-22)11-12-32(18)7/h14,16-18,23,34H,9-13H2,1-8H3,(H2,30,31,35)/t16-,17-,18+,23-,29-/m0/s1. The molecule has 0 radical (unpaired) electrons. The Hall–Kier alpha value is -3.21. The van der Waals surface area contributed by atoms with E-state index in [0.717, 1.165) is 36.9 Å². The van der Waals surface area contributed by atoms with Gasteiger partial charge < -0.3 is 29.0 Å². The van der Waals surface area contributed by atoms with Crippen molar-refractivity contribution in [2.75, 3.05) is 20.7 Å². The molecule has 2 heterocycles. The lowest BCUT2D eigenvalue weighted by Crippen LogP contribution is -2.70. The molecule has 11 heteroatoms. The first-order valence-corrected chi connectivity index (χ1v) is 14.0. The van der Waals surface area contributed by atoms with Crippen LogP contribution in [0, 0.1) is 11.3 Å². The summed E-state index contributed by atoms with van der Waals surface area (Å²) in [4.78, 5) is 30.0. The fraction of sp³-hybridized carbons (Fsp3) is 0.690. The number of nitrogens with zero attached hydrogens (tertiary/aromatic N) is 2. The lowest BCUT2D eigenvalue weighted by Gasteiger charge is -2.59. The third-order valence-electron chi connectivity index (χ3n) is 8.65. The molecule has 2 aliphatic carbocycles. The zero-order chi connectivity index (χ0) is 29.4. The minimum atomic E-state index is -0.838. The van der Waals surface area contributed by atoms with E-state index in [1.54, 1.807) is 54.7 Å². The molecule has 2 amide bonds. The van der Waals surface area contributed by atoms with E-state index in [9.17, 15) is 14.7 Å². The molecule has 5 rings (SSSR count). The van der Waals surface area contributed by atoms with Crippen LogP contribution in [0.2, 0.25) is 0 Å². The number of amides is 2. The van der Waals surface area contributed by atoms with Crippen molar-refractivity contribution in [3.05, 3.63) is 17.2 Å². The van der Waals surface area contributed by atoms with Crippen LogP contribution in [0.5, 0.6) is 17.2 Å². The van der Waals surface area contributed by atoms with Crippen molar-refractivity contribution in [3.8, 4) is 17.2 Å². The van der Waals surface area contributed by atoms with Gasteiger partial charge in [-0.25, -0.2) is 14.5 Å². The van der Waals surface area contributed by atoms with Crippen molar-refractivity contribution in [2.24, 2.45) is 5.92 Å². The first-order valence-electron chi connectivity index (χ1n) is 14.0. The number of guanidine groups is 1. The van der Waals surface area contributed by atoms with Gasteiger partial charge in [-0.2, -0.15) is 0 Å². The predicted molar refractivity (Wildman–Crippen MR) is 147 cm³/mol. The van der Waals surface area contributed by atoms with Crippen LogP contribution in [0.1, 0.15) is 71.9 Å². The van der Waals surface area contributed by atoms with Crippen molar-refractivity contribution in [1.29, 1.82) is 5.41 Å². The van der Waals surface area contributed by atoms with Gasteiger partial charge >= 0.3 is 12.2 Å². The number of nitrogens with one attached hydrogen (secondary N) is 2. The van der Waals surface area contributed by atoms with Crippen LogP contribution in [0.25, 0.3) is 0 Å². The first kappa shape index (κ1) is 28.3. The zero-order valence-electron chi connectivity index (χ0n) is 24.7. The quantitative estimate of drug-likeness (QED) is 0.364. The lowest BCUT2D eigenvalue weighted by atomic mass is 9.51. The molecule has 2 aliphatic heterocycles. The Morgan fingerprint density at radius 2 is 1.85 bits per heavy atom. The Balaban J connectivity index is 1.59. The molecular weight excluding hydrogens is 516 g/mol. The van der Waals surface area contributed by atoms with Crippen LogP contribution in [0.15, 0.2) is 6.07 Å². The van der Waals surface area contributed by atoms with Crippen LogP contribution < -0.4 is 14.8 Å². The maximum absolute atomic E-state index is 13.7. The van der Waals surface area contributed by atoms with Crippen molar-refractivity contribution in [3.63, 3.8) is 0 Å². The minimum Gasteiger partial charge on any atom is -0.504 e. The zero-order valence-corrected chi connectivity index (χ0v) is 24.7. The fourth-order valence-electron chi connectivity index (χ4n) is 7.37. The van der Waals surface area contributed by atoms with Gasteiger partial charge in [0.05, 0.1) is 13.2 Å². The Bertz CT molecular complexity index is 1240. The van der Waals surface area contributed by atoms with Crippen LogP contribution >= 0.6 is 0 Å². The highest BCUT2D eigenvalue weighted by Gasteiger charge is 2.67. The Labute approximate surface area is 235 Å². The van der Waals surface area contributed by atoms with Gasteiger partial charge in [0.15, 0.2) is 11.5 Å². The Kier molecular flexibility index (Phi) is 6.67. The normalized spacial score (nSPS) is 28.6. The van der Waals surface area contributed by atoms with Gasteiger partial charge in [-0.1, -0.05) is 0 Å². The summed E-state index contributed by atoms with van der Waals surface area (Å²) in [6, 6.07) is 1.21. The number of rotatable bonds is 2. The van der Waals surface area contributed by atoms with Crippen molar-refractivity contribution in [2.45, 2.75) is 102 Å². The molecule has 4 aliphatic rings. The largest absolute Gasteiger partial charge is 0.504 e. The van der Waals surface area contributed by atoms with Gasteiger partial charge in [-0.15, -0.1) is 0 Å². The van der Waals surface area contributed by atoms with E-state index in [2.05, 4.69) is 17.3 Å². The lowest BCUT2D eigenvalue weighted by molar-refractivity contribution is -0.0742. The van der Waals surface area contributed by atoms with Crippen LogP contribution in [0.4, 0.5) is 9.59 Å². The first-order chi connectivity index (χ1) is 18.6. The molecule has 2 fully saturated rings. The summed E-state index contributed by atoms with van der Waals surface area (Å²) in [5.41, 5.74) is -0.131. The smallest absolute Gasteiger partial charge is 0.417 e. The number of carbonyl (C=O) groups is 2. The molecule has 2 bridgehead atoms. The third-order valence-corrected chi connectivity index (χ3v) is 8.65. The molecule has 1 saturated carbocycles. The molecule has 5 atom stereocenters. The SMILES string of the molecule is COc1cc(O)c2c3c1C[C@@H]1[C@@H]4CC[C@H](N(C(=N)NC(=O)OC(C)(C)C)C(=O)OC(C)(C)C)[C@H](O2)[C@]34CCN1C. The molecule has 220 valence electrons. The molecule has 11 nitrogen and oxygen atoms in total. The Morgan fingerprint density at radius 3 is 2.48 bits per heavy atom. The number of likely N-dealkylation sites (tertiary alicyclic amines) is 1. The van der Waals surface area contributed by atoms with E-state index in [1.807, 2.05) is 0 Å². The molecular formula is C29H42N4O7. The van der Waals surface area contributed by atoms with E-state index in [0.29, 0.717) is 17.9 Å². The maximum Gasteiger partial charge on any atom is 0.417 e. The molecule has 1 aromatic carbocycles. The second-order valence-electron chi connectivity index (χ2n) is 13.4. The van der Waals surface area contributed by atoms with E-state index in [1.165, 1.54) is 4.90 Å². The summed E-state index contributed by atoms with van der Waals surface area (Å²) in [5, 5.41) is 22.4. The highest BCUT2D eigenvalue weighted by atomic mass is 16.6. The summed E-state index contributed by atoms with van der Waals surface area (Å²) >= 11 is 0. The average molecular weight is 559 g/mol. The van der Waals surface area contributed by atoms with E-state index in [-0.39, 0.29) is 17.7 Å². The van der Waals surface area contributed by atoms with Crippen LogP contribution in [-0.4, -0.2) is 83.1 Å². The monoisotopic (exact) mass is 558 g/mol. The second kappa shape index (κ2) is 9.43. The summed E-state index contributed by atoms with van der Waals surface area (Å²) in [6.45, 7) is 11.3. The molecule has 1 saturated heterocycles. The number of hydrogen-bond acceptors (Lipinski definition) is 9. The molecule has 1 spiro atoms. The highest BCUT2D eigenvalue weighted by molar-refractivity contribution is 6.00.